The van der Waals surface area contributed by atoms with Gasteiger partial charge in [0.2, 0.25) is 0 Å². The van der Waals surface area contributed by atoms with Gasteiger partial charge in [0, 0.05) is 28.8 Å². The summed E-state index contributed by atoms with van der Waals surface area (Å²) in [6, 6.07) is 2.34. The maximum Gasteiger partial charge on any atom is 0.134 e. The van der Waals surface area contributed by atoms with Gasteiger partial charge in [-0.05, 0) is 41.3 Å². The van der Waals surface area contributed by atoms with Gasteiger partial charge in [0.05, 0.1) is 13.2 Å². The van der Waals surface area contributed by atoms with Gasteiger partial charge in [0.1, 0.15) is 5.82 Å². The van der Waals surface area contributed by atoms with Crippen molar-refractivity contribution in [3.05, 3.63) is 22.3 Å². The normalized spacial score (nSPS) is 15.7. The first-order valence-corrected chi connectivity index (χ1v) is 6.68. The van der Waals surface area contributed by atoms with Crippen molar-refractivity contribution in [2.24, 2.45) is 0 Å². The largest absolute Gasteiger partial charge is 0.395 e. The number of halogens is 1. The van der Waals surface area contributed by atoms with E-state index in [0.29, 0.717) is 12.6 Å². The van der Waals surface area contributed by atoms with Gasteiger partial charge < -0.3 is 15.1 Å². The number of aliphatic hydroxyl groups is 2. The average molecular weight is 301 g/mol. The van der Waals surface area contributed by atoms with Crippen molar-refractivity contribution in [2.45, 2.75) is 31.9 Å². The van der Waals surface area contributed by atoms with E-state index in [2.05, 4.69) is 25.8 Å². The number of hydrogen-bond acceptors (Lipinski definition) is 4. The highest BCUT2D eigenvalue weighted by Gasteiger charge is 2.27. The highest BCUT2D eigenvalue weighted by molar-refractivity contribution is 9.10. The molecule has 1 aliphatic carbocycles. The maximum atomic E-state index is 9.38. The van der Waals surface area contributed by atoms with Crippen molar-refractivity contribution in [2.75, 3.05) is 18.1 Å². The van der Waals surface area contributed by atoms with E-state index in [1.54, 1.807) is 6.20 Å². The monoisotopic (exact) mass is 300 g/mol. The summed E-state index contributed by atoms with van der Waals surface area (Å²) >= 11 is 3.35. The molecule has 17 heavy (non-hydrogen) atoms. The first-order chi connectivity index (χ1) is 8.26. The lowest BCUT2D eigenvalue weighted by atomic mass is 9.91. The van der Waals surface area contributed by atoms with Gasteiger partial charge in [-0.1, -0.05) is 0 Å². The predicted octanol–water partition coefficient (Wildman–Crippen LogP) is 1.69. The van der Waals surface area contributed by atoms with Crippen molar-refractivity contribution in [3.8, 4) is 0 Å². The number of hydrogen-bond donors (Lipinski definition) is 2. The van der Waals surface area contributed by atoms with Gasteiger partial charge in [0.25, 0.3) is 0 Å². The summed E-state index contributed by atoms with van der Waals surface area (Å²) in [5.41, 5.74) is 0.805. The Bertz CT molecular complexity index is 383. The van der Waals surface area contributed by atoms with Crippen LogP contribution in [0.3, 0.4) is 0 Å². The van der Waals surface area contributed by atoms with Gasteiger partial charge in [0.15, 0.2) is 0 Å². The zero-order valence-electron chi connectivity index (χ0n) is 9.64. The fraction of sp³-hybridized carbons (Fsp3) is 0.583. The Kier molecular flexibility index (Phi) is 4.36. The highest BCUT2D eigenvalue weighted by atomic mass is 79.9. The fourth-order valence-corrected chi connectivity index (χ4v) is 2.50. The molecule has 1 saturated carbocycles. The Labute approximate surface area is 109 Å². The van der Waals surface area contributed by atoms with E-state index in [4.69, 9.17) is 5.11 Å². The Hall–Kier alpha value is -0.650. The second-order valence-corrected chi connectivity index (χ2v) is 5.21. The lowest BCUT2D eigenvalue weighted by Crippen LogP contribution is -2.43. The van der Waals surface area contributed by atoms with Gasteiger partial charge in [-0.25, -0.2) is 4.98 Å². The van der Waals surface area contributed by atoms with Crippen LogP contribution in [0.1, 0.15) is 24.8 Å². The SMILES string of the molecule is OCCN(c1ncc(Br)cc1CO)C1CCC1. The van der Waals surface area contributed by atoms with Crippen molar-refractivity contribution in [1.82, 2.24) is 4.98 Å². The highest BCUT2D eigenvalue weighted by Crippen LogP contribution is 2.31. The Balaban J connectivity index is 2.27. The molecule has 94 valence electrons. The third-order valence-corrected chi connectivity index (χ3v) is 3.64. The summed E-state index contributed by atoms with van der Waals surface area (Å²) < 4.78 is 0.864. The molecule has 1 aromatic heterocycles. The zero-order valence-corrected chi connectivity index (χ0v) is 11.2. The number of nitrogens with zero attached hydrogens (tertiary/aromatic N) is 2. The van der Waals surface area contributed by atoms with Crippen LogP contribution in [0.2, 0.25) is 0 Å². The fourth-order valence-electron chi connectivity index (χ4n) is 2.12. The van der Waals surface area contributed by atoms with E-state index in [9.17, 15) is 5.11 Å². The second kappa shape index (κ2) is 5.80. The van der Waals surface area contributed by atoms with Crippen LogP contribution in [-0.2, 0) is 6.61 Å². The number of aromatic nitrogens is 1. The Morgan fingerprint density at radius 2 is 2.18 bits per heavy atom. The third kappa shape index (κ3) is 2.78. The van der Waals surface area contributed by atoms with Crippen molar-refractivity contribution < 1.29 is 10.2 Å². The van der Waals surface area contributed by atoms with Crippen LogP contribution < -0.4 is 4.90 Å². The summed E-state index contributed by atoms with van der Waals surface area (Å²) in [5, 5.41) is 18.5. The summed E-state index contributed by atoms with van der Waals surface area (Å²) in [5.74, 6) is 0.800. The molecule has 1 fully saturated rings. The number of pyridine rings is 1. The molecule has 1 heterocycles. The minimum absolute atomic E-state index is 0.0313. The van der Waals surface area contributed by atoms with E-state index in [1.807, 2.05) is 6.07 Å². The van der Waals surface area contributed by atoms with E-state index >= 15 is 0 Å². The number of rotatable bonds is 5. The quantitative estimate of drug-likeness (QED) is 0.869. The molecule has 0 spiro atoms. The van der Waals surface area contributed by atoms with Gasteiger partial charge in [-0.3, -0.25) is 0 Å². The van der Waals surface area contributed by atoms with Gasteiger partial charge in [-0.2, -0.15) is 0 Å². The van der Waals surface area contributed by atoms with Crippen LogP contribution in [0.5, 0.6) is 0 Å². The summed E-state index contributed by atoms with van der Waals surface area (Å²) in [7, 11) is 0. The molecule has 0 bridgehead atoms. The Morgan fingerprint density at radius 1 is 1.41 bits per heavy atom. The molecule has 4 nitrogen and oxygen atoms in total. The summed E-state index contributed by atoms with van der Waals surface area (Å²) in [6.45, 7) is 0.655. The first kappa shape index (κ1) is 12.8. The molecule has 2 N–H and O–H groups in total. The van der Waals surface area contributed by atoms with Crippen LogP contribution in [0, 0.1) is 0 Å². The molecule has 5 heteroatoms. The van der Waals surface area contributed by atoms with Gasteiger partial charge in [-0.15, -0.1) is 0 Å². The average Bonchev–Trinajstić information content (AvgIpc) is 2.26. The van der Waals surface area contributed by atoms with E-state index in [1.165, 1.54) is 6.42 Å². The topological polar surface area (TPSA) is 56.6 Å². The molecular weight excluding hydrogens is 284 g/mol. The van der Waals surface area contributed by atoms with E-state index in [0.717, 1.165) is 28.7 Å². The molecule has 2 rings (SSSR count). The zero-order chi connectivity index (χ0) is 12.3. The molecule has 1 aliphatic rings. The lowest BCUT2D eigenvalue weighted by Gasteiger charge is -2.38. The van der Waals surface area contributed by atoms with Crippen LogP contribution in [-0.4, -0.2) is 34.4 Å². The molecule has 0 radical (unpaired) electrons. The van der Waals surface area contributed by atoms with Crippen LogP contribution in [0.4, 0.5) is 5.82 Å². The molecule has 1 aromatic rings. The van der Waals surface area contributed by atoms with Gasteiger partial charge >= 0.3 is 0 Å². The Morgan fingerprint density at radius 3 is 2.71 bits per heavy atom. The number of aliphatic hydroxyl groups excluding tert-OH is 2. The van der Waals surface area contributed by atoms with Crippen LogP contribution >= 0.6 is 15.9 Å². The lowest BCUT2D eigenvalue weighted by molar-refractivity contribution is 0.273. The minimum Gasteiger partial charge on any atom is -0.395 e. The molecule has 0 amide bonds. The van der Waals surface area contributed by atoms with Crippen molar-refractivity contribution in [1.29, 1.82) is 0 Å². The molecule has 0 unspecified atom stereocenters. The molecule has 0 aromatic carbocycles. The van der Waals surface area contributed by atoms with E-state index in [-0.39, 0.29) is 13.2 Å². The summed E-state index contributed by atoms with van der Waals surface area (Å²) in [6.07, 6.45) is 5.25. The van der Waals surface area contributed by atoms with Crippen LogP contribution in [0.25, 0.3) is 0 Å². The first-order valence-electron chi connectivity index (χ1n) is 5.89. The molecule has 0 atom stereocenters. The molecule has 0 aliphatic heterocycles. The summed E-state index contributed by atoms with van der Waals surface area (Å²) in [4.78, 5) is 6.49. The van der Waals surface area contributed by atoms with Crippen LogP contribution in [0.15, 0.2) is 16.7 Å². The smallest absolute Gasteiger partial charge is 0.134 e. The predicted molar refractivity (Wildman–Crippen MR) is 69.9 cm³/mol. The van der Waals surface area contributed by atoms with E-state index < -0.39 is 0 Å². The number of anilines is 1. The van der Waals surface area contributed by atoms with Crippen molar-refractivity contribution in [3.63, 3.8) is 0 Å². The van der Waals surface area contributed by atoms with Crippen molar-refractivity contribution >= 4 is 21.7 Å². The second-order valence-electron chi connectivity index (χ2n) is 4.30. The molecule has 0 saturated heterocycles. The minimum atomic E-state index is -0.0313. The standard InChI is InChI=1S/C12H17BrN2O2/c13-10-6-9(8-17)12(14-7-10)15(4-5-16)11-2-1-3-11/h6-7,11,16-17H,1-5,8H2. The third-order valence-electron chi connectivity index (χ3n) is 3.21. The maximum absolute atomic E-state index is 9.38. The molecular formula is C12H17BrN2O2.